The second-order valence-electron chi connectivity index (χ2n) is 3.99. The van der Waals surface area contributed by atoms with Gasteiger partial charge in [-0.25, -0.2) is 0 Å². The van der Waals surface area contributed by atoms with Crippen LogP contribution >= 0.6 is 0 Å². The molecule has 1 rings (SSSR count). The fourth-order valence-corrected chi connectivity index (χ4v) is 1.45. The Morgan fingerprint density at radius 2 is 2.32 bits per heavy atom. The van der Waals surface area contributed by atoms with Crippen molar-refractivity contribution in [3.63, 3.8) is 0 Å². The molecule has 0 spiro atoms. The van der Waals surface area contributed by atoms with E-state index in [1.165, 1.54) is 13.2 Å². The molecule has 1 unspecified atom stereocenters. The van der Waals surface area contributed by atoms with E-state index in [0.717, 1.165) is 5.56 Å². The SMILES string of the molecule is C=CCOC(C)C(=O)NCc1ccc(O)c(OC)c1. The van der Waals surface area contributed by atoms with Gasteiger partial charge >= 0.3 is 0 Å². The molecule has 2 N–H and O–H groups in total. The van der Waals surface area contributed by atoms with E-state index in [1.54, 1.807) is 25.1 Å². The van der Waals surface area contributed by atoms with Gasteiger partial charge in [0.2, 0.25) is 5.91 Å². The molecule has 1 aromatic rings. The predicted molar refractivity (Wildman–Crippen MR) is 72.1 cm³/mol. The Kier molecular flexibility index (Phi) is 5.89. The molecular formula is C14H19NO4. The lowest BCUT2D eigenvalue weighted by Gasteiger charge is -2.12. The van der Waals surface area contributed by atoms with Gasteiger partial charge in [0.25, 0.3) is 0 Å². The van der Waals surface area contributed by atoms with Crippen LogP contribution in [0.15, 0.2) is 30.9 Å². The summed E-state index contributed by atoms with van der Waals surface area (Å²) in [5.74, 6) is 0.247. The zero-order valence-electron chi connectivity index (χ0n) is 11.2. The van der Waals surface area contributed by atoms with Crippen LogP contribution < -0.4 is 10.1 Å². The molecule has 0 saturated heterocycles. The smallest absolute Gasteiger partial charge is 0.249 e. The van der Waals surface area contributed by atoms with Gasteiger partial charge in [0.15, 0.2) is 11.5 Å². The summed E-state index contributed by atoms with van der Waals surface area (Å²) in [6, 6.07) is 4.91. The summed E-state index contributed by atoms with van der Waals surface area (Å²) in [5.41, 5.74) is 0.832. The van der Waals surface area contributed by atoms with E-state index in [9.17, 15) is 9.90 Å². The molecule has 0 aromatic heterocycles. The number of hydrogen-bond donors (Lipinski definition) is 2. The van der Waals surface area contributed by atoms with E-state index in [2.05, 4.69) is 11.9 Å². The number of methoxy groups -OCH3 is 1. The van der Waals surface area contributed by atoms with Gasteiger partial charge in [0.05, 0.1) is 13.7 Å². The third kappa shape index (κ3) is 4.63. The van der Waals surface area contributed by atoms with Crippen LogP contribution in [0.3, 0.4) is 0 Å². The Bertz CT molecular complexity index is 445. The van der Waals surface area contributed by atoms with Gasteiger partial charge in [-0.2, -0.15) is 0 Å². The van der Waals surface area contributed by atoms with Crippen LogP contribution in [-0.2, 0) is 16.1 Å². The molecule has 0 heterocycles. The van der Waals surface area contributed by atoms with Crippen molar-refractivity contribution < 1.29 is 19.4 Å². The molecular weight excluding hydrogens is 246 g/mol. The molecule has 0 aliphatic heterocycles. The van der Waals surface area contributed by atoms with Crippen LogP contribution in [0.5, 0.6) is 11.5 Å². The number of phenols is 1. The summed E-state index contributed by atoms with van der Waals surface area (Å²) in [6.07, 6.45) is 1.06. The van der Waals surface area contributed by atoms with Crippen molar-refractivity contribution >= 4 is 5.91 Å². The monoisotopic (exact) mass is 265 g/mol. The van der Waals surface area contributed by atoms with Gasteiger partial charge in [-0.1, -0.05) is 12.1 Å². The maximum atomic E-state index is 11.7. The second-order valence-corrected chi connectivity index (χ2v) is 3.99. The lowest BCUT2D eigenvalue weighted by molar-refractivity contribution is -0.131. The van der Waals surface area contributed by atoms with Gasteiger partial charge in [0.1, 0.15) is 6.10 Å². The van der Waals surface area contributed by atoms with Crippen molar-refractivity contribution in [1.82, 2.24) is 5.32 Å². The van der Waals surface area contributed by atoms with E-state index in [4.69, 9.17) is 9.47 Å². The van der Waals surface area contributed by atoms with Gasteiger partial charge in [-0.05, 0) is 24.6 Å². The maximum absolute atomic E-state index is 11.7. The van der Waals surface area contributed by atoms with Gasteiger partial charge in [-0.15, -0.1) is 6.58 Å². The molecule has 0 fully saturated rings. The van der Waals surface area contributed by atoms with Gasteiger partial charge < -0.3 is 19.9 Å². The number of nitrogens with one attached hydrogen (secondary N) is 1. The third-order valence-electron chi connectivity index (χ3n) is 2.54. The minimum absolute atomic E-state index is 0.0697. The summed E-state index contributed by atoms with van der Waals surface area (Å²) in [6.45, 7) is 5.87. The van der Waals surface area contributed by atoms with Gasteiger partial charge in [0, 0.05) is 6.54 Å². The Balaban J connectivity index is 2.52. The first kappa shape index (κ1) is 15.0. The number of benzene rings is 1. The first-order chi connectivity index (χ1) is 9.08. The molecule has 1 amide bonds. The van der Waals surface area contributed by atoms with Crippen molar-refractivity contribution in [2.24, 2.45) is 0 Å². The quantitative estimate of drug-likeness (QED) is 0.735. The first-order valence-electron chi connectivity index (χ1n) is 5.94. The van der Waals surface area contributed by atoms with Crippen LogP contribution in [0.2, 0.25) is 0 Å². The number of aromatic hydroxyl groups is 1. The zero-order valence-corrected chi connectivity index (χ0v) is 11.2. The highest BCUT2D eigenvalue weighted by Crippen LogP contribution is 2.26. The number of carbonyl (C=O) groups excluding carboxylic acids is 1. The van der Waals surface area contributed by atoms with E-state index in [1.807, 2.05) is 0 Å². The Hall–Kier alpha value is -2.01. The number of hydrogen-bond acceptors (Lipinski definition) is 4. The first-order valence-corrected chi connectivity index (χ1v) is 5.94. The molecule has 104 valence electrons. The van der Waals surface area contributed by atoms with Crippen molar-refractivity contribution in [2.45, 2.75) is 19.6 Å². The van der Waals surface area contributed by atoms with E-state index in [-0.39, 0.29) is 11.7 Å². The highest BCUT2D eigenvalue weighted by molar-refractivity contribution is 5.80. The fourth-order valence-electron chi connectivity index (χ4n) is 1.45. The van der Waals surface area contributed by atoms with Crippen molar-refractivity contribution in [1.29, 1.82) is 0 Å². The third-order valence-corrected chi connectivity index (χ3v) is 2.54. The number of ether oxygens (including phenoxy) is 2. The standard InChI is InChI=1S/C14H19NO4/c1-4-7-19-10(2)14(17)15-9-11-5-6-12(16)13(8-11)18-3/h4-6,8,10,16H,1,7,9H2,2-3H3,(H,15,17). The molecule has 1 aromatic carbocycles. The summed E-state index contributed by atoms with van der Waals surface area (Å²) in [5, 5.41) is 12.2. The summed E-state index contributed by atoms with van der Waals surface area (Å²) < 4.78 is 10.2. The normalized spacial score (nSPS) is 11.7. The Morgan fingerprint density at radius 3 is 2.95 bits per heavy atom. The maximum Gasteiger partial charge on any atom is 0.249 e. The minimum Gasteiger partial charge on any atom is -0.504 e. The summed E-state index contributed by atoms with van der Waals surface area (Å²) in [7, 11) is 1.47. The number of phenolic OH excluding ortho intramolecular Hbond substituents is 1. The number of amides is 1. The minimum atomic E-state index is -0.531. The summed E-state index contributed by atoms with van der Waals surface area (Å²) >= 11 is 0. The molecule has 0 bridgehead atoms. The van der Waals surface area contributed by atoms with Gasteiger partial charge in [-0.3, -0.25) is 4.79 Å². The molecule has 0 aliphatic carbocycles. The topological polar surface area (TPSA) is 67.8 Å². The molecule has 0 radical (unpaired) electrons. The zero-order chi connectivity index (χ0) is 14.3. The van der Waals surface area contributed by atoms with Crippen molar-refractivity contribution in [3.05, 3.63) is 36.4 Å². The fraction of sp³-hybridized carbons (Fsp3) is 0.357. The lowest BCUT2D eigenvalue weighted by Crippen LogP contribution is -2.34. The predicted octanol–water partition coefficient (Wildman–Crippen LogP) is 1.61. The Morgan fingerprint density at radius 1 is 1.58 bits per heavy atom. The number of rotatable bonds is 7. The molecule has 19 heavy (non-hydrogen) atoms. The highest BCUT2D eigenvalue weighted by Gasteiger charge is 2.12. The van der Waals surface area contributed by atoms with Crippen LogP contribution in [0.25, 0.3) is 0 Å². The molecule has 5 nitrogen and oxygen atoms in total. The molecule has 0 aliphatic rings. The van der Waals surface area contributed by atoms with E-state index < -0.39 is 6.10 Å². The van der Waals surface area contributed by atoms with Crippen molar-refractivity contribution in [2.75, 3.05) is 13.7 Å². The molecule has 1 atom stereocenters. The van der Waals surface area contributed by atoms with Crippen LogP contribution in [0, 0.1) is 0 Å². The van der Waals surface area contributed by atoms with E-state index in [0.29, 0.717) is 18.9 Å². The average molecular weight is 265 g/mol. The largest absolute Gasteiger partial charge is 0.504 e. The Labute approximate surface area is 112 Å². The van der Waals surface area contributed by atoms with Crippen LogP contribution in [0.1, 0.15) is 12.5 Å². The highest BCUT2D eigenvalue weighted by atomic mass is 16.5. The molecule has 5 heteroatoms. The average Bonchev–Trinajstić information content (AvgIpc) is 2.43. The van der Waals surface area contributed by atoms with Crippen molar-refractivity contribution in [3.8, 4) is 11.5 Å². The second kappa shape index (κ2) is 7.43. The van der Waals surface area contributed by atoms with Crippen LogP contribution in [0.4, 0.5) is 0 Å². The number of carbonyl (C=O) groups is 1. The summed E-state index contributed by atoms with van der Waals surface area (Å²) in [4.78, 5) is 11.7. The lowest BCUT2D eigenvalue weighted by atomic mass is 10.2. The van der Waals surface area contributed by atoms with E-state index >= 15 is 0 Å². The van der Waals surface area contributed by atoms with Crippen LogP contribution in [-0.4, -0.2) is 30.8 Å². The molecule has 0 saturated carbocycles.